The number of carboxylic acid groups (broad SMARTS) is 1. The third-order valence-corrected chi connectivity index (χ3v) is 5.36. The molecule has 0 saturated carbocycles. The lowest BCUT2D eigenvalue weighted by molar-refractivity contribution is 0.0690. The number of benzene rings is 1. The van der Waals surface area contributed by atoms with E-state index < -0.39 is 5.97 Å². The van der Waals surface area contributed by atoms with E-state index in [0.29, 0.717) is 29.3 Å². The summed E-state index contributed by atoms with van der Waals surface area (Å²) < 4.78 is 3.28. The minimum absolute atomic E-state index is 0.0577. The van der Waals surface area contributed by atoms with Gasteiger partial charge >= 0.3 is 5.97 Å². The third kappa shape index (κ3) is 3.94. The van der Waals surface area contributed by atoms with Crippen LogP contribution in [0.5, 0.6) is 0 Å². The van der Waals surface area contributed by atoms with E-state index >= 15 is 0 Å². The average molecular weight is 438 g/mol. The fourth-order valence-corrected chi connectivity index (χ4v) is 3.78. The van der Waals surface area contributed by atoms with Gasteiger partial charge in [-0.05, 0) is 18.1 Å². The van der Waals surface area contributed by atoms with Gasteiger partial charge in [-0.15, -0.1) is 0 Å². The number of fused-ring (bicyclic) bond motifs is 1. The zero-order valence-corrected chi connectivity index (χ0v) is 17.6. The van der Waals surface area contributed by atoms with Crippen molar-refractivity contribution in [2.24, 2.45) is 0 Å². The normalized spacial score (nSPS) is 11.2. The van der Waals surface area contributed by atoms with Crippen molar-refractivity contribution in [3.05, 3.63) is 70.7 Å². The molecule has 0 bridgehead atoms. The van der Waals surface area contributed by atoms with E-state index in [1.807, 2.05) is 28.8 Å². The summed E-state index contributed by atoms with van der Waals surface area (Å²) in [6, 6.07) is 9.04. The van der Waals surface area contributed by atoms with Crippen LogP contribution in [0.15, 0.2) is 42.7 Å². The summed E-state index contributed by atoms with van der Waals surface area (Å²) >= 11 is 6.15. The highest BCUT2D eigenvalue weighted by molar-refractivity contribution is 6.31. The van der Waals surface area contributed by atoms with E-state index in [0.717, 1.165) is 36.9 Å². The highest BCUT2D eigenvalue weighted by Crippen LogP contribution is 2.25. The van der Waals surface area contributed by atoms with Crippen LogP contribution in [0.2, 0.25) is 5.15 Å². The van der Waals surface area contributed by atoms with Gasteiger partial charge < -0.3 is 9.67 Å². The lowest BCUT2D eigenvalue weighted by Gasteiger charge is -2.10. The number of carbonyl (C=O) groups is 2. The summed E-state index contributed by atoms with van der Waals surface area (Å²) in [5.74, 6) is 0.0182. The van der Waals surface area contributed by atoms with E-state index in [1.165, 1.54) is 4.40 Å². The van der Waals surface area contributed by atoms with Crippen molar-refractivity contribution in [1.29, 1.82) is 0 Å². The molecule has 0 spiro atoms. The molecule has 0 atom stereocenters. The molecule has 0 unspecified atom stereocenters. The number of hydrogen-bond donors (Lipinski definition) is 1. The van der Waals surface area contributed by atoms with Crippen LogP contribution in [0.4, 0.5) is 0 Å². The van der Waals surface area contributed by atoms with Crippen molar-refractivity contribution in [2.75, 3.05) is 0 Å². The smallest absolute Gasteiger partial charge is 0.355 e. The lowest BCUT2D eigenvalue weighted by Crippen LogP contribution is -2.09. The molecule has 0 radical (unpaired) electrons. The van der Waals surface area contributed by atoms with E-state index in [-0.39, 0.29) is 10.8 Å². The summed E-state index contributed by atoms with van der Waals surface area (Å²) in [4.78, 5) is 36.2. The second-order valence-electron chi connectivity index (χ2n) is 7.11. The molecular weight excluding hydrogens is 418 g/mol. The van der Waals surface area contributed by atoms with Gasteiger partial charge in [-0.3, -0.25) is 9.20 Å². The number of imidazole rings is 2. The number of nitrogens with zero attached hydrogens (tertiary/aromatic N) is 5. The fourth-order valence-electron chi connectivity index (χ4n) is 3.54. The highest BCUT2D eigenvalue weighted by atomic mass is 35.5. The third-order valence-electron chi connectivity index (χ3n) is 5.08. The number of aromatic carboxylic acids is 1. The Kier molecular flexibility index (Phi) is 5.81. The number of unbranched alkanes of at least 4 members (excludes halogenated alkanes) is 1. The van der Waals surface area contributed by atoms with Crippen molar-refractivity contribution in [2.45, 2.75) is 32.7 Å². The van der Waals surface area contributed by atoms with Crippen molar-refractivity contribution >= 4 is 29.6 Å². The van der Waals surface area contributed by atoms with Crippen molar-refractivity contribution in [1.82, 2.24) is 23.9 Å². The van der Waals surface area contributed by atoms with Gasteiger partial charge in [0.1, 0.15) is 17.2 Å². The van der Waals surface area contributed by atoms with Gasteiger partial charge in [0.25, 0.3) is 0 Å². The number of aromatic nitrogens is 5. The second kappa shape index (κ2) is 8.69. The number of aldehydes is 1. The van der Waals surface area contributed by atoms with E-state index in [2.05, 4.69) is 21.9 Å². The molecule has 3 heterocycles. The molecule has 0 amide bonds. The van der Waals surface area contributed by atoms with Gasteiger partial charge in [-0.2, -0.15) is 0 Å². The highest BCUT2D eigenvalue weighted by Gasteiger charge is 2.21. The molecule has 1 aromatic carbocycles. The summed E-state index contributed by atoms with van der Waals surface area (Å²) in [6.45, 7) is 2.53. The first-order chi connectivity index (χ1) is 15.0. The van der Waals surface area contributed by atoms with Gasteiger partial charge in [-0.25, -0.2) is 19.7 Å². The molecular formula is C22H20ClN5O3. The summed E-state index contributed by atoms with van der Waals surface area (Å²) in [6.07, 6.45) is 6.61. The van der Waals surface area contributed by atoms with Crippen LogP contribution in [0, 0.1) is 0 Å². The maximum absolute atomic E-state index is 11.8. The van der Waals surface area contributed by atoms with E-state index in [1.54, 1.807) is 18.5 Å². The van der Waals surface area contributed by atoms with Crippen LogP contribution in [0.1, 0.15) is 52.1 Å². The molecule has 8 nitrogen and oxygen atoms in total. The van der Waals surface area contributed by atoms with E-state index in [4.69, 9.17) is 11.6 Å². The summed E-state index contributed by atoms with van der Waals surface area (Å²) in [7, 11) is 0. The molecule has 0 aliphatic carbocycles. The van der Waals surface area contributed by atoms with Crippen LogP contribution >= 0.6 is 11.6 Å². The number of rotatable bonds is 8. The monoisotopic (exact) mass is 437 g/mol. The summed E-state index contributed by atoms with van der Waals surface area (Å²) in [5.41, 5.74) is 2.36. The fraction of sp³-hybridized carbons (Fsp3) is 0.227. The van der Waals surface area contributed by atoms with Gasteiger partial charge in [-0.1, -0.05) is 49.2 Å². The van der Waals surface area contributed by atoms with Gasteiger partial charge in [0.05, 0.1) is 0 Å². The zero-order valence-electron chi connectivity index (χ0n) is 16.8. The minimum Gasteiger partial charge on any atom is -0.476 e. The Morgan fingerprint density at radius 2 is 2.00 bits per heavy atom. The molecule has 4 rings (SSSR count). The predicted molar refractivity (Wildman–Crippen MR) is 116 cm³/mol. The van der Waals surface area contributed by atoms with Crippen molar-refractivity contribution in [3.63, 3.8) is 0 Å². The lowest BCUT2D eigenvalue weighted by atomic mass is 10.1. The zero-order chi connectivity index (χ0) is 22.0. The number of hydrogen-bond acceptors (Lipinski definition) is 5. The van der Waals surface area contributed by atoms with Crippen molar-refractivity contribution < 1.29 is 14.7 Å². The van der Waals surface area contributed by atoms with Crippen LogP contribution in [-0.2, 0) is 13.0 Å². The van der Waals surface area contributed by atoms with Crippen LogP contribution < -0.4 is 0 Å². The Bertz CT molecular complexity index is 1260. The first-order valence-electron chi connectivity index (χ1n) is 9.89. The van der Waals surface area contributed by atoms with Crippen LogP contribution in [0.3, 0.4) is 0 Å². The molecule has 0 saturated heterocycles. The Morgan fingerprint density at radius 3 is 2.68 bits per heavy atom. The molecule has 0 aliphatic rings. The Labute approximate surface area is 183 Å². The Hall–Kier alpha value is -3.52. The second-order valence-corrected chi connectivity index (χ2v) is 7.47. The molecule has 9 heteroatoms. The van der Waals surface area contributed by atoms with Crippen LogP contribution in [-0.4, -0.2) is 41.3 Å². The van der Waals surface area contributed by atoms with Gasteiger partial charge in [0, 0.05) is 30.9 Å². The number of carboxylic acids is 1. The summed E-state index contributed by atoms with van der Waals surface area (Å²) in [5, 5.41) is 9.89. The maximum Gasteiger partial charge on any atom is 0.355 e. The molecule has 0 fully saturated rings. The molecule has 158 valence electrons. The van der Waals surface area contributed by atoms with Crippen molar-refractivity contribution in [3.8, 4) is 11.3 Å². The Morgan fingerprint density at radius 1 is 1.23 bits per heavy atom. The topological polar surface area (TPSA) is 102 Å². The standard InChI is InChI=1S/C22H20ClN5O3/c1-2-3-5-17-25-20(23)16(13-29)28(17)12-14-6-8-15(9-7-14)18-19(21(30)31)27-11-4-10-24-22(27)26-18/h4,6-11,13H,2-3,5,12H2,1H3,(H,30,31). The number of aryl methyl sites for hydroxylation is 1. The SMILES string of the molecule is CCCCc1nc(Cl)c(C=O)n1Cc1ccc(-c2nc3ncccn3c2C(=O)O)cc1. The molecule has 1 N–H and O–H groups in total. The molecule has 3 aromatic heterocycles. The first kappa shape index (κ1) is 20.7. The van der Waals surface area contributed by atoms with Crippen LogP contribution in [0.25, 0.3) is 17.0 Å². The largest absolute Gasteiger partial charge is 0.476 e. The number of halogens is 1. The van der Waals surface area contributed by atoms with Gasteiger partial charge in [0.15, 0.2) is 17.1 Å². The average Bonchev–Trinajstić information content (AvgIpc) is 3.30. The molecule has 31 heavy (non-hydrogen) atoms. The number of carbonyl (C=O) groups excluding carboxylic acids is 1. The molecule has 0 aliphatic heterocycles. The van der Waals surface area contributed by atoms with Gasteiger partial charge in [0.2, 0.25) is 5.78 Å². The quantitative estimate of drug-likeness (QED) is 0.415. The minimum atomic E-state index is -1.08. The maximum atomic E-state index is 11.8. The molecule has 4 aromatic rings. The Balaban J connectivity index is 1.68. The van der Waals surface area contributed by atoms with E-state index in [9.17, 15) is 14.7 Å². The predicted octanol–water partition coefficient (Wildman–Crippen LogP) is 4.15. The first-order valence-corrected chi connectivity index (χ1v) is 10.3.